The number of esters is 2. The van der Waals surface area contributed by atoms with Gasteiger partial charge >= 0.3 is 11.9 Å². The first kappa shape index (κ1) is 29.7. The van der Waals surface area contributed by atoms with Crippen LogP contribution in [0, 0.1) is 10.8 Å². The molecule has 2 aromatic carbocycles. The van der Waals surface area contributed by atoms with Crippen molar-refractivity contribution in [1.29, 1.82) is 0 Å². The van der Waals surface area contributed by atoms with Gasteiger partial charge in [-0.25, -0.2) is 0 Å². The van der Waals surface area contributed by atoms with Crippen molar-refractivity contribution in [2.45, 2.75) is 54.4 Å². The van der Waals surface area contributed by atoms with E-state index in [2.05, 4.69) is 0 Å². The summed E-state index contributed by atoms with van der Waals surface area (Å²) < 4.78 is 21.8. The number of carbonyl (C=O) groups is 2. The van der Waals surface area contributed by atoms with E-state index in [4.69, 9.17) is 18.9 Å². The van der Waals surface area contributed by atoms with E-state index in [1.165, 1.54) is 0 Å². The minimum Gasteiger partial charge on any atom is -0.508 e. The molecule has 0 saturated heterocycles. The topological polar surface area (TPSA) is 91.3 Å². The summed E-state index contributed by atoms with van der Waals surface area (Å²) in [6.45, 7) is 12.4. The Labute approximate surface area is 220 Å². The van der Waals surface area contributed by atoms with Crippen LogP contribution in [-0.2, 0) is 19.1 Å². The predicted octanol–water partition coefficient (Wildman–Crippen LogP) is 6.28. The number of hydrogen-bond donors (Lipinski definition) is 1. The highest BCUT2D eigenvalue weighted by Gasteiger charge is 2.29. The average Bonchev–Trinajstić information content (AvgIpc) is 2.83. The maximum Gasteiger partial charge on any atom is 0.311 e. The smallest absolute Gasteiger partial charge is 0.311 e. The van der Waals surface area contributed by atoms with Crippen LogP contribution < -0.4 is 9.47 Å². The molecule has 0 aliphatic rings. The van der Waals surface area contributed by atoms with E-state index >= 15 is 0 Å². The highest BCUT2D eigenvalue weighted by atomic mass is 16.5. The van der Waals surface area contributed by atoms with Crippen molar-refractivity contribution >= 4 is 24.1 Å². The van der Waals surface area contributed by atoms with Crippen molar-refractivity contribution in [3.63, 3.8) is 0 Å². The van der Waals surface area contributed by atoms with Gasteiger partial charge in [-0.1, -0.05) is 24.3 Å². The van der Waals surface area contributed by atoms with Gasteiger partial charge in [0.15, 0.2) is 0 Å². The number of carbonyl (C=O) groups excluding carboxylic acids is 2. The fraction of sp³-hybridized carbons (Fsp3) is 0.467. The first-order chi connectivity index (χ1) is 17.5. The molecular weight excluding hydrogens is 472 g/mol. The molecular formula is C30H40O7. The van der Waals surface area contributed by atoms with Gasteiger partial charge in [0.05, 0.1) is 37.3 Å². The molecule has 0 unspecified atom stereocenters. The Hall–Kier alpha value is -3.48. The van der Waals surface area contributed by atoms with E-state index in [0.29, 0.717) is 45.0 Å². The number of ether oxygens (including phenoxy) is 4. The van der Waals surface area contributed by atoms with Gasteiger partial charge in [-0.3, -0.25) is 9.59 Å². The first-order valence-corrected chi connectivity index (χ1v) is 12.7. The summed E-state index contributed by atoms with van der Waals surface area (Å²) in [5.41, 5.74) is 0.490. The van der Waals surface area contributed by atoms with Crippen LogP contribution in [-0.4, -0.2) is 43.5 Å². The van der Waals surface area contributed by atoms with E-state index in [0.717, 1.165) is 16.9 Å². The van der Waals surface area contributed by atoms with Crippen LogP contribution in [0.25, 0.3) is 12.2 Å². The van der Waals surface area contributed by atoms with Gasteiger partial charge in [0.25, 0.3) is 0 Å². The molecule has 7 nitrogen and oxygen atoms in total. The quantitative estimate of drug-likeness (QED) is 0.235. The van der Waals surface area contributed by atoms with Crippen molar-refractivity contribution in [1.82, 2.24) is 0 Å². The zero-order valence-corrected chi connectivity index (χ0v) is 22.8. The minimum atomic E-state index is -0.650. The molecule has 0 aliphatic carbocycles. The summed E-state index contributed by atoms with van der Waals surface area (Å²) in [5, 5.41) is 10.1. The minimum absolute atomic E-state index is 0.0938. The predicted molar refractivity (Wildman–Crippen MR) is 145 cm³/mol. The number of benzene rings is 2. The van der Waals surface area contributed by atoms with Crippen molar-refractivity contribution in [3.05, 3.63) is 53.6 Å². The first-order valence-electron chi connectivity index (χ1n) is 12.7. The summed E-state index contributed by atoms with van der Waals surface area (Å²) in [5.74, 6) is 0.857. The zero-order valence-electron chi connectivity index (χ0n) is 22.8. The lowest BCUT2D eigenvalue weighted by atomic mass is 9.90. The van der Waals surface area contributed by atoms with Crippen LogP contribution in [0.1, 0.15) is 65.5 Å². The molecule has 0 bridgehead atoms. The van der Waals surface area contributed by atoms with Crippen LogP contribution >= 0.6 is 0 Å². The molecule has 202 valence electrons. The summed E-state index contributed by atoms with van der Waals surface area (Å²) >= 11 is 0. The van der Waals surface area contributed by atoms with Gasteiger partial charge in [0, 0.05) is 6.07 Å². The molecule has 2 rings (SSSR count). The number of rotatable bonds is 14. The van der Waals surface area contributed by atoms with Gasteiger partial charge in [-0.05, 0) is 89.8 Å². The van der Waals surface area contributed by atoms with Crippen molar-refractivity contribution in [2.75, 3.05) is 26.4 Å². The number of aromatic hydroxyl groups is 1. The van der Waals surface area contributed by atoms with Crippen LogP contribution in [0.4, 0.5) is 0 Å². The standard InChI is InChI=1S/C30H40O7/c1-7-34-27(32)29(3,4)15-17-36-25-13-11-22(12-14-25)9-10-23-19-24(31)21-26(20-23)37-18-16-30(5,6)28(33)35-8-2/h9-14,19-21,31H,7-8,15-18H2,1-6H3/b10-9+. The molecule has 0 heterocycles. The molecule has 0 amide bonds. The van der Waals surface area contributed by atoms with Gasteiger partial charge in [-0.15, -0.1) is 0 Å². The SMILES string of the molecule is CCOC(=O)C(C)(C)CCOc1ccc(/C=C/c2cc(O)cc(OCCC(C)(C)C(=O)OCC)c2)cc1. The van der Waals surface area contributed by atoms with Crippen LogP contribution in [0.15, 0.2) is 42.5 Å². The summed E-state index contributed by atoms with van der Waals surface area (Å²) in [7, 11) is 0. The van der Waals surface area contributed by atoms with Crippen LogP contribution in [0.5, 0.6) is 17.2 Å². The van der Waals surface area contributed by atoms with E-state index in [1.54, 1.807) is 26.0 Å². The maximum absolute atomic E-state index is 12.0. The Balaban J connectivity index is 1.91. The fourth-order valence-corrected chi connectivity index (χ4v) is 3.36. The Bertz CT molecular complexity index is 1050. The second-order valence-corrected chi connectivity index (χ2v) is 10.1. The molecule has 0 fully saturated rings. The second kappa shape index (κ2) is 13.7. The van der Waals surface area contributed by atoms with Gasteiger partial charge in [0.2, 0.25) is 0 Å². The van der Waals surface area contributed by atoms with E-state index < -0.39 is 10.8 Å². The van der Waals surface area contributed by atoms with Crippen LogP contribution in [0.2, 0.25) is 0 Å². The van der Waals surface area contributed by atoms with E-state index in [-0.39, 0.29) is 17.7 Å². The van der Waals surface area contributed by atoms with Crippen LogP contribution in [0.3, 0.4) is 0 Å². The van der Waals surface area contributed by atoms with Crippen molar-refractivity contribution in [3.8, 4) is 17.2 Å². The molecule has 7 heteroatoms. The molecule has 2 aromatic rings. The molecule has 0 spiro atoms. The Morgan fingerprint density at radius 3 is 1.73 bits per heavy atom. The lowest BCUT2D eigenvalue weighted by Gasteiger charge is -2.22. The van der Waals surface area contributed by atoms with E-state index in [1.807, 2.05) is 70.2 Å². The van der Waals surface area contributed by atoms with Gasteiger partial charge in [0.1, 0.15) is 17.2 Å². The lowest BCUT2D eigenvalue weighted by Crippen LogP contribution is -2.28. The molecule has 0 radical (unpaired) electrons. The lowest BCUT2D eigenvalue weighted by molar-refractivity contribution is -0.154. The molecule has 37 heavy (non-hydrogen) atoms. The van der Waals surface area contributed by atoms with Gasteiger partial charge in [-0.2, -0.15) is 0 Å². The normalized spacial score (nSPS) is 11.8. The number of hydrogen-bond acceptors (Lipinski definition) is 7. The summed E-state index contributed by atoms with van der Waals surface area (Å²) in [4.78, 5) is 24.0. The summed E-state index contributed by atoms with van der Waals surface area (Å²) in [6.07, 6.45) is 4.85. The Morgan fingerprint density at radius 2 is 1.22 bits per heavy atom. The highest BCUT2D eigenvalue weighted by Crippen LogP contribution is 2.27. The molecule has 1 N–H and O–H groups in total. The third-order valence-corrected chi connectivity index (χ3v) is 5.91. The summed E-state index contributed by atoms with van der Waals surface area (Å²) in [6, 6.07) is 12.6. The molecule has 0 aliphatic heterocycles. The molecule has 0 atom stereocenters. The second-order valence-electron chi connectivity index (χ2n) is 10.1. The number of phenolic OH excluding ortho intramolecular Hbond substituents is 1. The Kier molecular flexibility index (Phi) is 11.0. The number of phenols is 1. The third-order valence-electron chi connectivity index (χ3n) is 5.91. The Morgan fingerprint density at radius 1 is 0.730 bits per heavy atom. The third kappa shape index (κ3) is 9.83. The zero-order chi connectivity index (χ0) is 27.5. The van der Waals surface area contributed by atoms with Crippen molar-refractivity contribution in [2.24, 2.45) is 10.8 Å². The van der Waals surface area contributed by atoms with Gasteiger partial charge < -0.3 is 24.1 Å². The molecule has 0 saturated carbocycles. The van der Waals surface area contributed by atoms with E-state index in [9.17, 15) is 14.7 Å². The average molecular weight is 513 g/mol. The van der Waals surface area contributed by atoms with Crippen molar-refractivity contribution < 1.29 is 33.6 Å². The largest absolute Gasteiger partial charge is 0.508 e. The molecule has 0 aromatic heterocycles. The fourth-order valence-electron chi connectivity index (χ4n) is 3.36. The monoisotopic (exact) mass is 512 g/mol. The maximum atomic E-state index is 12.0. The highest BCUT2D eigenvalue weighted by molar-refractivity contribution is 5.76.